The van der Waals surface area contributed by atoms with E-state index in [1.54, 1.807) is 0 Å². The van der Waals surface area contributed by atoms with Crippen LogP contribution in [0.25, 0.3) is 0 Å². The van der Waals surface area contributed by atoms with Gasteiger partial charge in [-0.1, -0.05) is 34.6 Å². The summed E-state index contributed by atoms with van der Waals surface area (Å²) in [5.41, 5.74) is 2.02. The van der Waals surface area contributed by atoms with Crippen molar-refractivity contribution in [3.63, 3.8) is 0 Å². The van der Waals surface area contributed by atoms with Gasteiger partial charge in [-0.15, -0.1) is 5.10 Å². The van der Waals surface area contributed by atoms with Crippen molar-refractivity contribution in [1.29, 1.82) is 0 Å². The number of carboxylic acids is 1. The van der Waals surface area contributed by atoms with Crippen LogP contribution in [0.15, 0.2) is 0 Å². The van der Waals surface area contributed by atoms with E-state index in [0.717, 1.165) is 17.7 Å². The Morgan fingerprint density at radius 3 is 2.30 bits per heavy atom. The molecule has 0 aliphatic rings. The molecule has 1 heterocycles. The smallest absolute Gasteiger partial charge is 0.339 e. The highest BCUT2D eigenvalue weighted by atomic mass is 16.4. The minimum absolute atomic E-state index is 0.195. The lowest BCUT2D eigenvalue weighted by atomic mass is 9.92. The molecule has 0 atom stereocenters. The summed E-state index contributed by atoms with van der Waals surface area (Å²) >= 11 is 0. The number of anilines is 1. The van der Waals surface area contributed by atoms with Crippen LogP contribution in [0, 0.1) is 5.41 Å². The van der Waals surface area contributed by atoms with Gasteiger partial charge >= 0.3 is 5.97 Å². The lowest BCUT2D eigenvalue weighted by molar-refractivity contribution is 0.0696. The lowest BCUT2D eigenvalue weighted by Gasteiger charge is -2.19. The van der Waals surface area contributed by atoms with Crippen LogP contribution in [-0.4, -0.2) is 27.8 Å². The van der Waals surface area contributed by atoms with Gasteiger partial charge in [-0.2, -0.15) is 5.10 Å². The Labute approximate surface area is 120 Å². The molecule has 0 radical (unpaired) electrons. The number of carboxylic acid groups (broad SMARTS) is 1. The van der Waals surface area contributed by atoms with Crippen LogP contribution >= 0.6 is 0 Å². The summed E-state index contributed by atoms with van der Waals surface area (Å²) in [7, 11) is 0. The van der Waals surface area contributed by atoms with Gasteiger partial charge in [0.25, 0.3) is 0 Å². The van der Waals surface area contributed by atoms with Gasteiger partial charge in [-0.05, 0) is 30.2 Å². The van der Waals surface area contributed by atoms with E-state index in [-0.39, 0.29) is 11.0 Å². The van der Waals surface area contributed by atoms with Gasteiger partial charge in [-0.25, -0.2) is 4.79 Å². The van der Waals surface area contributed by atoms with Crippen LogP contribution in [0.2, 0.25) is 0 Å². The van der Waals surface area contributed by atoms with Gasteiger partial charge in [0.05, 0.1) is 5.69 Å². The SMILES string of the molecule is CCc1nnc(NCCC(C)(C)C)c(C(=O)O)c1CC. The number of hydrogen-bond donors (Lipinski definition) is 2. The third-order valence-corrected chi connectivity index (χ3v) is 3.23. The van der Waals surface area contributed by atoms with Crippen molar-refractivity contribution >= 4 is 11.8 Å². The topological polar surface area (TPSA) is 75.1 Å². The Hall–Kier alpha value is -1.65. The Balaban J connectivity index is 3.04. The van der Waals surface area contributed by atoms with E-state index in [1.807, 2.05) is 13.8 Å². The third kappa shape index (κ3) is 4.18. The molecule has 0 aliphatic heterocycles. The quantitative estimate of drug-likeness (QED) is 0.836. The lowest BCUT2D eigenvalue weighted by Crippen LogP contribution is -2.18. The van der Waals surface area contributed by atoms with Crippen molar-refractivity contribution < 1.29 is 9.90 Å². The second kappa shape index (κ2) is 6.68. The fourth-order valence-corrected chi connectivity index (χ4v) is 2.08. The highest BCUT2D eigenvalue weighted by molar-refractivity contribution is 5.95. The van der Waals surface area contributed by atoms with Crippen molar-refractivity contribution in [2.75, 3.05) is 11.9 Å². The molecule has 0 fully saturated rings. The first-order valence-electron chi connectivity index (χ1n) is 7.15. The minimum Gasteiger partial charge on any atom is -0.478 e. The second-order valence-corrected chi connectivity index (χ2v) is 6.10. The second-order valence-electron chi connectivity index (χ2n) is 6.10. The number of aromatic carboxylic acids is 1. The fraction of sp³-hybridized carbons (Fsp3) is 0.667. The molecule has 0 aliphatic carbocycles. The Morgan fingerprint density at radius 2 is 1.85 bits per heavy atom. The van der Waals surface area contributed by atoms with Crippen molar-refractivity contribution in [2.24, 2.45) is 5.41 Å². The van der Waals surface area contributed by atoms with Crippen LogP contribution in [0.4, 0.5) is 5.82 Å². The van der Waals surface area contributed by atoms with Crippen LogP contribution < -0.4 is 5.32 Å². The number of nitrogens with one attached hydrogen (secondary N) is 1. The van der Waals surface area contributed by atoms with Gasteiger partial charge in [0, 0.05) is 6.54 Å². The van der Waals surface area contributed by atoms with Crippen molar-refractivity contribution in [3.05, 3.63) is 16.8 Å². The molecule has 1 aromatic heterocycles. The number of hydrogen-bond acceptors (Lipinski definition) is 4. The molecular weight excluding hydrogens is 254 g/mol. The summed E-state index contributed by atoms with van der Waals surface area (Å²) in [6.45, 7) is 11.0. The van der Waals surface area contributed by atoms with Crippen LogP contribution in [-0.2, 0) is 12.8 Å². The van der Waals surface area contributed by atoms with E-state index in [2.05, 4.69) is 36.3 Å². The molecule has 2 N–H and O–H groups in total. The van der Waals surface area contributed by atoms with Crippen LogP contribution in [0.5, 0.6) is 0 Å². The molecule has 0 amide bonds. The molecule has 0 saturated heterocycles. The van der Waals surface area contributed by atoms with E-state index < -0.39 is 5.97 Å². The fourth-order valence-electron chi connectivity index (χ4n) is 2.08. The van der Waals surface area contributed by atoms with E-state index in [1.165, 1.54) is 0 Å². The highest BCUT2D eigenvalue weighted by Crippen LogP contribution is 2.22. The summed E-state index contributed by atoms with van der Waals surface area (Å²) in [4.78, 5) is 11.5. The maximum atomic E-state index is 11.5. The van der Waals surface area contributed by atoms with Gasteiger partial charge in [0.1, 0.15) is 5.56 Å². The average molecular weight is 279 g/mol. The maximum Gasteiger partial charge on any atom is 0.339 e. The van der Waals surface area contributed by atoms with Gasteiger partial charge < -0.3 is 10.4 Å². The molecule has 0 unspecified atom stereocenters. The maximum absolute atomic E-state index is 11.5. The molecule has 112 valence electrons. The van der Waals surface area contributed by atoms with Crippen LogP contribution in [0.1, 0.15) is 62.7 Å². The zero-order chi connectivity index (χ0) is 15.3. The first kappa shape index (κ1) is 16.4. The Bertz CT molecular complexity index is 479. The molecule has 1 rings (SSSR count). The normalized spacial score (nSPS) is 11.4. The summed E-state index contributed by atoms with van der Waals surface area (Å²) in [5.74, 6) is -0.555. The van der Waals surface area contributed by atoms with Crippen molar-refractivity contribution in [2.45, 2.75) is 53.9 Å². The molecule has 0 bridgehead atoms. The largest absolute Gasteiger partial charge is 0.478 e. The molecular formula is C15H25N3O2. The molecule has 1 aromatic rings. The van der Waals surface area contributed by atoms with Gasteiger partial charge in [0.15, 0.2) is 5.82 Å². The summed E-state index contributed by atoms with van der Waals surface area (Å²) < 4.78 is 0. The number of carbonyl (C=O) groups is 1. The monoisotopic (exact) mass is 279 g/mol. The first-order chi connectivity index (χ1) is 9.30. The van der Waals surface area contributed by atoms with Gasteiger partial charge in [0.2, 0.25) is 0 Å². The predicted octanol–water partition coefficient (Wildman–Crippen LogP) is 3.15. The first-order valence-corrected chi connectivity index (χ1v) is 7.15. The Morgan fingerprint density at radius 1 is 1.20 bits per heavy atom. The third-order valence-electron chi connectivity index (χ3n) is 3.23. The average Bonchev–Trinajstić information content (AvgIpc) is 2.35. The van der Waals surface area contributed by atoms with Crippen LogP contribution in [0.3, 0.4) is 0 Å². The number of rotatable bonds is 6. The molecule has 5 nitrogen and oxygen atoms in total. The molecule has 20 heavy (non-hydrogen) atoms. The Kier molecular flexibility index (Phi) is 5.48. The molecule has 5 heteroatoms. The van der Waals surface area contributed by atoms with E-state index in [9.17, 15) is 9.90 Å². The zero-order valence-electron chi connectivity index (χ0n) is 13.1. The van der Waals surface area contributed by atoms with Crippen molar-refractivity contribution in [1.82, 2.24) is 10.2 Å². The van der Waals surface area contributed by atoms with E-state index >= 15 is 0 Å². The minimum atomic E-state index is -0.940. The molecule has 0 saturated carbocycles. The zero-order valence-corrected chi connectivity index (χ0v) is 13.1. The summed E-state index contributed by atoms with van der Waals surface area (Å²) in [5, 5.41) is 20.8. The summed E-state index contributed by atoms with van der Waals surface area (Å²) in [6.07, 6.45) is 2.28. The summed E-state index contributed by atoms with van der Waals surface area (Å²) in [6, 6.07) is 0. The number of aryl methyl sites for hydroxylation is 1. The van der Waals surface area contributed by atoms with Gasteiger partial charge in [-0.3, -0.25) is 0 Å². The molecule has 0 spiro atoms. The highest BCUT2D eigenvalue weighted by Gasteiger charge is 2.20. The standard InChI is InChI=1S/C15H25N3O2/c1-6-10-11(7-2)17-18-13(12(10)14(19)20)16-9-8-15(3,4)5/h6-9H2,1-5H3,(H,16,18)(H,19,20). The van der Waals surface area contributed by atoms with E-state index in [4.69, 9.17) is 0 Å². The van der Waals surface area contributed by atoms with Crippen molar-refractivity contribution in [3.8, 4) is 0 Å². The predicted molar refractivity (Wildman–Crippen MR) is 80.3 cm³/mol. The molecule has 0 aromatic carbocycles. The number of aromatic nitrogens is 2. The van der Waals surface area contributed by atoms with E-state index in [0.29, 0.717) is 25.2 Å². The number of nitrogens with zero attached hydrogens (tertiary/aromatic N) is 2.